The molecule has 0 heterocycles. The molecule has 2 aromatic carbocycles. The SMILES string of the molecule is COc1ccc(N(C)CC(N)c2ccc(F)cc2F)cc1. The summed E-state index contributed by atoms with van der Waals surface area (Å²) >= 11 is 0. The van der Waals surface area contributed by atoms with Crippen molar-refractivity contribution in [2.45, 2.75) is 6.04 Å². The lowest BCUT2D eigenvalue weighted by Gasteiger charge is -2.24. The van der Waals surface area contributed by atoms with E-state index in [1.807, 2.05) is 36.2 Å². The van der Waals surface area contributed by atoms with Gasteiger partial charge < -0.3 is 15.4 Å². The van der Waals surface area contributed by atoms with Gasteiger partial charge in [-0.05, 0) is 30.3 Å². The maximum Gasteiger partial charge on any atom is 0.130 e. The van der Waals surface area contributed by atoms with E-state index in [0.717, 1.165) is 17.5 Å². The van der Waals surface area contributed by atoms with Crippen LogP contribution in [0.15, 0.2) is 42.5 Å². The minimum absolute atomic E-state index is 0.303. The summed E-state index contributed by atoms with van der Waals surface area (Å²) in [4.78, 5) is 1.91. The second kappa shape index (κ2) is 6.54. The van der Waals surface area contributed by atoms with Crippen LogP contribution < -0.4 is 15.4 Å². The number of methoxy groups -OCH3 is 1. The summed E-state index contributed by atoms with van der Waals surface area (Å²) < 4.78 is 31.7. The lowest BCUT2D eigenvalue weighted by Crippen LogP contribution is -2.29. The van der Waals surface area contributed by atoms with Gasteiger partial charge in [0.2, 0.25) is 0 Å². The van der Waals surface area contributed by atoms with Crippen LogP contribution in [0.4, 0.5) is 14.5 Å². The molecular formula is C16H18F2N2O. The molecule has 0 fully saturated rings. The van der Waals surface area contributed by atoms with E-state index < -0.39 is 17.7 Å². The molecule has 112 valence electrons. The number of nitrogens with two attached hydrogens (primary N) is 1. The van der Waals surface area contributed by atoms with Crippen LogP contribution in [0.2, 0.25) is 0 Å². The van der Waals surface area contributed by atoms with Crippen molar-refractivity contribution in [2.24, 2.45) is 5.73 Å². The topological polar surface area (TPSA) is 38.5 Å². The average Bonchev–Trinajstić information content (AvgIpc) is 2.47. The summed E-state index contributed by atoms with van der Waals surface area (Å²) in [5.74, 6) is -0.460. The molecule has 1 atom stereocenters. The van der Waals surface area contributed by atoms with Crippen LogP contribution >= 0.6 is 0 Å². The second-order valence-corrected chi connectivity index (χ2v) is 4.85. The van der Waals surface area contributed by atoms with E-state index in [2.05, 4.69) is 0 Å². The van der Waals surface area contributed by atoms with Gasteiger partial charge in [-0.1, -0.05) is 6.07 Å². The van der Waals surface area contributed by atoms with Crippen molar-refractivity contribution < 1.29 is 13.5 Å². The third kappa shape index (κ3) is 3.70. The van der Waals surface area contributed by atoms with E-state index >= 15 is 0 Å². The van der Waals surface area contributed by atoms with Crippen molar-refractivity contribution in [2.75, 3.05) is 25.6 Å². The molecule has 0 aromatic heterocycles. The van der Waals surface area contributed by atoms with Crippen LogP contribution in [0.3, 0.4) is 0 Å². The Morgan fingerprint density at radius 3 is 2.38 bits per heavy atom. The summed E-state index contributed by atoms with van der Waals surface area (Å²) in [5.41, 5.74) is 7.25. The highest BCUT2D eigenvalue weighted by molar-refractivity contribution is 5.48. The number of likely N-dealkylation sites (N-methyl/N-ethyl adjacent to an activating group) is 1. The van der Waals surface area contributed by atoms with E-state index in [1.54, 1.807) is 7.11 Å². The number of halogens is 2. The van der Waals surface area contributed by atoms with Gasteiger partial charge in [0.15, 0.2) is 0 Å². The Morgan fingerprint density at radius 2 is 1.81 bits per heavy atom. The first kappa shape index (κ1) is 15.3. The molecule has 3 nitrogen and oxygen atoms in total. The van der Waals surface area contributed by atoms with Crippen LogP contribution in [0, 0.1) is 11.6 Å². The molecule has 2 aromatic rings. The maximum atomic E-state index is 13.7. The number of anilines is 1. The van der Waals surface area contributed by atoms with Gasteiger partial charge in [-0.25, -0.2) is 8.78 Å². The highest BCUT2D eigenvalue weighted by atomic mass is 19.1. The summed E-state index contributed by atoms with van der Waals surface area (Å²) in [7, 11) is 3.47. The van der Waals surface area contributed by atoms with Crippen molar-refractivity contribution in [1.82, 2.24) is 0 Å². The molecule has 0 aliphatic carbocycles. The summed E-state index contributed by atoms with van der Waals surface area (Å²) in [6.45, 7) is 0.412. The zero-order valence-corrected chi connectivity index (χ0v) is 12.0. The number of hydrogen-bond acceptors (Lipinski definition) is 3. The lowest BCUT2D eigenvalue weighted by molar-refractivity contribution is 0.415. The number of benzene rings is 2. The average molecular weight is 292 g/mol. The second-order valence-electron chi connectivity index (χ2n) is 4.85. The molecule has 0 spiro atoms. The summed E-state index contributed by atoms with van der Waals surface area (Å²) in [6.07, 6.45) is 0. The molecule has 21 heavy (non-hydrogen) atoms. The van der Waals surface area contributed by atoms with E-state index in [9.17, 15) is 8.78 Å². The van der Waals surface area contributed by atoms with Crippen LogP contribution in [0.25, 0.3) is 0 Å². The largest absolute Gasteiger partial charge is 0.497 e. The van der Waals surface area contributed by atoms with Gasteiger partial charge in [0, 0.05) is 30.9 Å². The van der Waals surface area contributed by atoms with Gasteiger partial charge in [-0.3, -0.25) is 0 Å². The first-order valence-corrected chi connectivity index (χ1v) is 6.57. The lowest BCUT2D eigenvalue weighted by atomic mass is 10.1. The van der Waals surface area contributed by atoms with Gasteiger partial charge in [0.05, 0.1) is 13.2 Å². The van der Waals surface area contributed by atoms with E-state index in [1.165, 1.54) is 12.1 Å². The van der Waals surface area contributed by atoms with Crippen LogP contribution in [-0.2, 0) is 0 Å². The Labute approximate surface area is 122 Å². The Bertz CT molecular complexity index is 602. The van der Waals surface area contributed by atoms with Gasteiger partial charge in [-0.15, -0.1) is 0 Å². The highest BCUT2D eigenvalue weighted by Crippen LogP contribution is 2.22. The predicted octanol–water partition coefficient (Wildman–Crippen LogP) is 3.11. The van der Waals surface area contributed by atoms with Crippen molar-refractivity contribution >= 4 is 5.69 Å². The smallest absolute Gasteiger partial charge is 0.130 e. The molecule has 0 radical (unpaired) electrons. The molecule has 0 saturated heterocycles. The quantitative estimate of drug-likeness (QED) is 0.920. The monoisotopic (exact) mass is 292 g/mol. The Balaban J connectivity index is 2.08. The normalized spacial score (nSPS) is 12.0. The molecule has 2 N–H and O–H groups in total. The van der Waals surface area contributed by atoms with E-state index in [0.29, 0.717) is 12.1 Å². The molecule has 0 aliphatic rings. The molecule has 0 amide bonds. The molecule has 2 rings (SSSR count). The Kier molecular flexibility index (Phi) is 4.75. The van der Waals surface area contributed by atoms with Gasteiger partial charge >= 0.3 is 0 Å². The highest BCUT2D eigenvalue weighted by Gasteiger charge is 2.14. The number of hydrogen-bond donors (Lipinski definition) is 1. The van der Waals surface area contributed by atoms with Gasteiger partial charge in [-0.2, -0.15) is 0 Å². The van der Waals surface area contributed by atoms with Crippen LogP contribution in [0.1, 0.15) is 11.6 Å². The summed E-state index contributed by atoms with van der Waals surface area (Å²) in [5, 5.41) is 0. The maximum absolute atomic E-state index is 13.7. The minimum Gasteiger partial charge on any atom is -0.497 e. The number of ether oxygens (including phenoxy) is 1. The van der Waals surface area contributed by atoms with Gasteiger partial charge in [0.25, 0.3) is 0 Å². The third-order valence-corrected chi connectivity index (χ3v) is 3.35. The molecule has 5 heteroatoms. The minimum atomic E-state index is -0.620. The van der Waals surface area contributed by atoms with Gasteiger partial charge in [0.1, 0.15) is 17.4 Å². The predicted molar refractivity (Wildman–Crippen MR) is 79.6 cm³/mol. The van der Waals surface area contributed by atoms with Crippen molar-refractivity contribution in [3.63, 3.8) is 0 Å². The first-order valence-electron chi connectivity index (χ1n) is 6.57. The number of nitrogens with zero attached hydrogens (tertiary/aromatic N) is 1. The van der Waals surface area contributed by atoms with Crippen molar-refractivity contribution in [3.8, 4) is 5.75 Å². The van der Waals surface area contributed by atoms with Crippen LogP contribution in [0.5, 0.6) is 5.75 Å². The molecule has 0 aliphatic heterocycles. The fourth-order valence-electron chi connectivity index (χ4n) is 2.14. The summed E-state index contributed by atoms with van der Waals surface area (Å²) in [6, 6.07) is 10.4. The fraction of sp³-hybridized carbons (Fsp3) is 0.250. The van der Waals surface area contributed by atoms with Crippen molar-refractivity contribution in [3.05, 3.63) is 59.7 Å². The molecule has 0 saturated carbocycles. The van der Waals surface area contributed by atoms with Crippen molar-refractivity contribution in [1.29, 1.82) is 0 Å². The zero-order chi connectivity index (χ0) is 15.4. The standard InChI is InChI=1S/C16H18F2N2O/c1-20(12-4-6-13(21-2)7-5-12)10-16(19)14-8-3-11(17)9-15(14)18/h3-9,16H,10,19H2,1-2H3. The molecule has 0 bridgehead atoms. The van der Waals surface area contributed by atoms with E-state index in [-0.39, 0.29) is 0 Å². The molecular weight excluding hydrogens is 274 g/mol. The zero-order valence-electron chi connectivity index (χ0n) is 12.0. The first-order chi connectivity index (χ1) is 10.0. The Morgan fingerprint density at radius 1 is 1.14 bits per heavy atom. The number of rotatable bonds is 5. The fourth-order valence-corrected chi connectivity index (χ4v) is 2.14. The third-order valence-electron chi connectivity index (χ3n) is 3.35. The molecule has 1 unspecified atom stereocenters. The van der Waals surface area contributed by atoms with Crippen LogP contribution in [-0.4, -0.2) is 20.7 Å². The van der Waals surface area contributed by atoms with E-state index in [4.69, 9.17) is 10.5 Å². The Hall–Kier alpha value is -2.14.